The highest BCUT2D eigenvalue weighted by Crippen LogP contribution is 2.39. The average Bonchev–Trinajstić information content (AvgIpc) is 3.47. The molecule has 1 N–H and O–H groups in total. The molecule has 0 saturated heterocycles. The molecule has 0 unspecified atom stereocenters. The van der Waals surface area contributed by atoms with E-state index >= 15 is 0 Å². The first-order valence-electron chi connectivity index (χ1n) is 9.94. The number of para-hydroxylation sites is 1. The molecule has 2 aliphatic carbocycles. The number of nitrogens with zero attached hydrogens (tertiary/aromatic N) is 3. The van der Waals surface area contributed by atoms with Crippen LogP contribution in [0.5, 0.6) is 5.75 Å². The summed E-state index contributed by atoms with van der Waals surface area (Å²) < 4.78 is 7.96. The Bertz CT molecular complexity index is 818. The van der Waals surface area contributed by atoms with E-state index in [2.05, 4.69) is 20.1 Å². The molecule has 0 bridgehead atoms. The Balaban J connectivity index is 1.35. The molecular formula is C20H25ClN4O2S. The molecule has 1 amide bonds. The number of halogens is 1. The lowest BCUT2D eigenvalue weighted by Crippen LogP contribution is -2.37. The zero-order chi connectivity index (χ0) is 19.3. The van der Waals surface area contributed by atoms with Gasteiger partial charge in [0.2, 0.25) is 5.91 Å². The minimum atomic E-state index is 0.0797. The van der Waals surface area contributed by atoms with Gasteiger partial charge in [-0.1, -0.05) is 54.8 Å². The summed E-state index contributed by atoms with van der Waals surface area (Å²) in [7, 11) is 0. The molecule has 1 heterocycles. The van der Waals surface area contributed by atoms with Crippen LogP contribution in [-0.2, 0) is 11.4 Å². The van der Waals surface area contributed by atoms with E-state index in [1.807, 2.05) is 18.2 Å². The maximum atomic E-state index is 12.3. The van der Waals surface area contributed by atoms with Crippen LogP contribution in [0, 0.1) is 0 Å². The van der Waals surface area contributed by atoms with E-state index in [4.69, 9.17) is 16.3 Å². The van der Waals surface area contributed by atoms with E-state index in [-0.39, 0.29) is 5.91 Å². The SMILES string of the molecule is O=C(CSc1nnc(COc2ccccc2Cl)n1C1CC1)NC1CCCCC1. The minimum Gasteiger partial charge on any atom is -0.484 e. The van der Waals surface area contributed by atoms with Gasteiger partial charge in [-0.3, -0.25) is 9.36 Å². The van der Waals surface area contributed by atoms with Gasteiger partial charge in [-0.25, -0.2) is 0 Å². The molecule has 0 aliphatic heterocycles. The van der Waals surface area contributed by atoms with E-state index in [0.717, 1.165) is 36.7 Å². The summed E-state index contributed by atoms with van der Waals surface area (Å²) >= 11 is 7.61. The highest BCUT2D eigenvalue weighted by atomic mass is 35.5. The lowest BCUT2D eigenvalue weighted by atomic mass is 9.95. The van der Waals surface area contributed by atoms with Gasteiger partial charge in [-0.2, -0.15) is 0 Å². The van der Waals surface area contributed by atoms with Gasteiger partial charge in [-0.15, -0.1) is 10.2 Å². The van der Waals surface area contributed by atoms with Crippen molar-refractivity contribution in [3.8, 4) is 5.75 Å². The predicted molar refractivity (Wildman–Crippen MR) is 110 cm³/mol. The van der Waals surface area contributed by atoms with E-state index in [1.54, 1.807) is 6.07 Å². The number of nitrogens with one attached hydrogen (secondary N) is 1. The van der Waals surface area contributed by atoms with Crippen molar-refractivity contribution < 1.29 is 9.53 Å². The van der Waals surface area contributed by atoms with Gasteiger partial charge in [0.15, 0.2) is 11.0 Å². The fourth-order valence-corrected chi connectivity index (χ4v) is 4.58. The van der Waals surface area contributed by atoms with Crippen LogP contribution in [0.4, 0.5) is 0 Å². The maximum Gasteiger partial charge on any atom is 0.230 e. The standard InChI is InChI=1S/C20H25ClN4O2S/c21-16-8-4-5-9-17(16)27-12-18-23-24-20(25(18)15-10-11-15)28-13-19(26)22-14-6-2-1-3-7-14/h4-5,8-9,14-15H,1-3,6-7,10-13H2,(H,22,26). The number of ether oxygens (including phenoxy) is 1. The third-order valence-corrected chi connectivity index (χ3v) is 6.40. The number of carbonyl (C=O) groups is 1. The Morgan fingerprint density at radius 3 is 2.71 bits per heavy atom. The van der Waals surface area contributed by atoms with Gasteiger partial charge >= 0.3 is 0 Å². The number of carbonyl (C=O) groups excluding carboxylic acids is 1. The van der Waals surface area contributed by atoms with Crippen molar-refractivity contribution in [3.63, 3.8) is 0 Å². The Kier molecular flexibility index (Phi) is 6.42. The molecule has 4 rings (SSSR count). The second-order valence-electron chi connectivity index (χ2n) is 7.41. The maximum absolute atomic E-state index is 12.3. The van der Waals surface area contributed by atoms with Gasteiger partial charge in [0.05, 0.1) is 10.8 Å². The zero-order valence-corrected chi connectivity index (χ0v) is 17.3. The first-order valence-corrected chi connectivity index (χ1v) is 11.3. The van der Waals surface area contributed by atoms with Crippen molar-refractivity contribution in [2.75, 3.05) is 5.75 Å². The van der Waals surface area contributed by atoms with E-state index in [9.17, 15) is 4.79 Å². The third-order valence-electron chi connectivity index (χ3n) is 5.14. The van der Waals surface area contributed by atoms with Crippen LogP contribution in [0.25, 0.3) is 0 Å². The fourth-order valence-electron chi connectivity index (χ4n) is 3.55. The normalized spacial score (nSPS) is 17.5. The quantitative estimate of drug-likeness (QED) is 0.641. The number of thioether (sulfide) groups is 1. The molecule has 8 heteroatoms. The molecule has 28 heavy (non-hydrogen) atoms. The molecule has 0 radical (unpaired) electrons. The van der Waals surface area contributed by atoms with Crippen LogP contribution < -0.4 is 10.1 Å². The van der Waals surface area contributed by atoms with Crippen LogP contribution >= 0.6 is 23.4 Å². The fraction of sp³-hybridized carbons (Fsp3) is 0.550. The highest BCUT2D eigenvalue weighted by Gasteiger charge is 2.30. The highest BCUT2D eigenvalue weighted by molar-refractivity contribution is 7.99. The smallest absolute Gasteiger partial charge is 0.230 e. The summed E-state index contributed by atoms with van der Waals surface area (Å²) in [4.78, 5) is 12.3. The molecule has 2 aromatic rings. The molecule has 150 valence electrons. The van der Waals surface area contributed by atoms with Gasteiger partial charge < -0.3 is 10.1 Å². The average molecular weight is 421 g/mol. The number of aromatic nitrogens is 3. The molecule has 1 aromatic carbocycles. The molecule has 6 nitrogen and oxygen atoms in total. The van der Waals surface area contributed by atoms with E-state index in [0.29, 0.717) is 35.2 Å². The second-order valence-corrected chi connectivity index (χ2v) is 8.76. The Morgan fingerprint density at radius 2 is 1.96 bits per heavy atom. The van der Waals surface area contributed by atoms with Crippen LogP contribution in [0.2, 0.25) is 5.02 Å². The van der Waals surface area contributed by atoms with Crippen molar-refractivity contribution in [2.24, 2.45) is 0 Å². The van der Waals surface area contributed by atoms with Crippen molar-refractivity contribution in [3.05, 3.63) is 35.1 Å². The molecule has 2 saturated carbocycles. The van der Waals surface area contributed by atoms with Crippen molar-refractivity contribution in [2.45, 2.75) is 68.8 Å². The van der Waals surface area contributed by atoms with Crippen LogP contribution in [0.1, 0.15) is 56.8 Å². The van der Waals surface area contributed by atoms with Gasteiger partial charge in [0, 0.05) is 12.1 Å². The van der Waals surface area contributed by atoms with Crippen molar-refractivity contribution in [1.29, 1.82) is 0 Å². The number of amides is 1. The Morgan fingerprint density at radius 1 is 1.18 bits per heavy atom. The number of hydrogen-bond donors (Lipinski definition) is 1. The van der Waals surface area contributed by atoms with E-state index in [1.165, 1.54) is 31.0 Å². The lowest BCUT2D eigenvalue weighted by molar-refractivity contribution is -0.119. The first kappa shape index (κ1) is 19.6. The van der Waals surface area contributed by atoms with Gasteiger partial charge in [0.1, 0.15) is 12.4 Å². The third kappa shape index (κ3) is 5.00. The Hall–Kier alpha value is -1.73. The minimum absolute atomic E-state index is 0.0797. The van der Waals surface area contributed by atoms with Crippen molar-refractivity contribution in [1.82, 2.24) is 20.1 Å². The topological polar surface area (TPSA) is 69.0 Å². The summed E-state index contributed by atoms with van der Waals surface area (Å²) in [6.07, 6.45) is 8.12. The summed E-state index contributed by atoms with van der Waals surface area (Å²) in [5, 5.41) is 13.1. The molecule has 1 aromatic heterocycles. The summed E-state index contributed by atoms with van der Waals surface area (Å²) in [6, 6.07) is 8.14. The lowest BCUT2D eigenvalue weighted by Gasteiger charge is -2.22. The predicted octanol–water partition coefficient (Wildman–Crippen LogP) is 4.39. The van der Waals surface area contributed by atoms with Gasteiger partial charge in [-0.05, 0) is 37.8 Å². The largest absolute Gasteiger partial charge is 0.484 e. The second kappa shape index (κ2) is 9.18. The number of rotatable bonds is 8. The van der Waals surface area contributed by atoms with Crippen LogP contribution in [0.15, 0.2) is 29.4 Å². The molecular weight excluding hydrogens is 396 g/mol. The number of hydrogen-bond acceptors (Lipinski definition) is 5. The van der Waals surface area contributed by atoms with Crippen LogP contribution in [-0.4, -0.2) is 32.5 Å². The van der Waals surface area contributed by atoms with Crippen molar-refractivity contribution >= 4 is 29.3 Å². The summed E-state index contributed by atoms with van der Waals surface area (Å²) in [5.41, 5.74) is 0. The first-order chi connectivity index (χ1) is 13.7. The molecule has 2 fully saturated rings. The van der Waals surface area contributed by atoms with Crippen LogP contribution in [0.3, 0.4) is 0 Å². The summed E-state index contributed by atoms with van der Waals surface area (Å²) in [6.45, 7) is 0.308. The van der Waals surface area contributed by atoms with E-state index < -0.39 is 0 Å². The Labute approximate surface area is 174 Å². The zero-order valence-electron chi connectivity index (χ0n) is 15.8. The number of benzene rings is 1. The van der Waals surface area contributed by atoms with Gasteiger partial charge in [0.25, 0.3) is 0 Å². The molecule has 2 aliphatic rings. The summed E-state index contributed by atoms with van der Waals surface area (Å²) in [5.74, 6) is 1.86. The molecule has 0 spiro atoms. The monoisotopic (exact) mass is 420 g/mol. The molecule has 0 atom stereocenters.